The summed E-state index contributed by atoms with van der Waals surface area (Å²) in [5, 5.41) is 14.4. The molecule has 2 aromatic heterocycles. The molecule has 1 aliphatic rings. The Labute approximate surface area is 138 Å². The van der Waals surface area contributed by atoms with Crippen LogP contribution in [-0.2, 0) is 0 Å². The summed E-state index contributed by atoms with van der Waals surface area (Å²) in [6, 6.07) is 8.19. The first-order valence-corrected chi connectivity index (χ1v) is 7.96. The third kappa shape index (κ3) is 2.71. The number of piperidine rings is 1. The molecule has 24 heavy (non-hydrogen) atoms. The van der Waals surface area contributed by atoms with E-state index in [1.165, 1.54) is 18.5 Å². The fourth-order valence-electron chi connectivity index (χ4n) is 3.01. The van der Waals surface area contributed by atoms with Crippen LogP contribution in [0.5, 0.6) is 0 Å². The van der Waals surface area contributed by atoms with Crippen LogP contribution in [0.25, 0.3) is 17.0 Å². The van der Waals surface area contributed by atoms with E-state index in [0.717, 1.165) is 30.2 Å². The van der Waals surface area contributed by atoms with E-state index >= 15 is 0 Å². The quantitative estimate of drug-likeness (QED) is 0.782. The summed E-state index contributed by atoms with van der Waals surface area (Å²) in [4.78, 5) is 10.9. The largest absolute Gasteiger partial charge is 0.390 e. The Morgan fingerprint density at radius 2 is 1.88 bits per heavy atom. The van der Waals surface area contributed by atoms with Crippen molar-refractivity contribution < 1.29 is 9.50 Å². The molecule has 0 unspecified atom stereocenters. The second-order valence-corrected chi connectivity index (χ2v) is 6.46. The van der Waals surface area contributed by atoms with E-state index in [1.54, 1.807) is 16.6 Å². The number of aromatic nitrogens is 4. The van der Waals surface area contributed by atoms with Crippen molar-refractivity contribution in [2.24, 2.45) is 0 Å². The van der Waals surface area contributed by atoms with Crippen molar-refractivity contribution in [1.82, 2.24) is 19.6 Å². The van der Waals surface area contributed by atoms with Crippen molar-refractivity contribution in [3.63, 3.8) is 0 Å². The lowest BCUT2D eigenvalue weighted by atomic mass is 9.94. The number of nitrogens with zero attached hydrogens (tertiary/aromatic N) is 5. The molecule has 1 aliphatic heterocycles. The van der Waals surface area contributed by atoms with Crippen LogP contribution in [0.1, 0.15) is 19.8 Å². The van der Waals surface area contributed by atoms with Gasteiger partial charge >= 0.3 is 0 Å². The summed E-state index contributed by atoms with van der Waals surface area (Å²) in [6.07, 6.45) is 2.86. The molecular formula is C17H18FN5O. The van der Waals surface area contributed by atoms with Crippen molar-refractivity contribution in [3.05, 3.63) is 42.5 Å². The molecule has 0 atom stereocenters. The molecule has 0 spiro atoms. The Hall–Kier alpha value is -2.54. The lowest BCUT2D eigenvalue weighted by Crippen LogP contribution is -2.43. The highest BCUT2D eigenvalue weighted by molar-refractivity contribution is 5.65. The Morgan fingerprint density at radius 3 is 2.58 bits per heavy atom. The van der Waals surface area contributed by atoms with Gasteiger partial charge in [0.25, 0.3) is 5.78 Å². The number of hydrogen-bond donors (Lipinski definition) is 1. The normalized spacial score (nSPS) is 17.4. The lowest BCUT2D eigenvalue weighted by molar-refractivity contribution is 0.0349. The van der Waals surface area contributed by atoms with Gasteiger partial charge in [0.1, 0.15) is 18.0 Å². The van der Waals surface area contributed by atoms with Crippen LogP contribution in [0.4, 0.5) is 10.2 Å². The van der Waals surface area contributed by atoms with Gasteiger partial charge in [-0.1, -0.05) is 0 Å². The molecular weight excluding hydrogens is 309 g/mol. The molecule has 3 heterocycles. The Bertz CT molecular complexity index is 864. The van der Waals surface area contributed by atoms with Gasteiger partial charge in [-0.15, -0.1) is 0 Å². The Morgan fingerprint density at radius 1 is 1.17 bits per heavy atom. The first-order valence-electron chi connectivity index (χ1n) is 7.96. The SMILES string of the molecule is CC1(O)CCN(c2cc(-c3ccc(F)cc3)nc3ncnn23)CC1. The number of halogens is 1. The molecule has 3 aromatic rings. The average molecular weight is 327 g/mol. The standard InChI is InChI=1S/C17H18FN5O/c1-17(24)6-8-22(9-7-17)15-10-14(12-2-4-13(18)5-3-12)21-16-19-11-20-23(15)16/h2-5,10-11,24H,6-9H2,1H3. The van der Waals surface area contributed by atoms with Gasteiger partial charge in [0, 0.05) is 24.7 Å². The van der Waals surface area contributed by atoms with Crippen LogP contribution in [0.2, 0.25) is 0 Å². The third-order valence-corrected chi connectivity index (χ3v) is 4.54. The topological polar surface area (TPSA) is 66.5 Å². The first kappa shape index (κ1) is 15.0. The first-order chi connectivity index (χ1) is 11.5. The zero-order valence-corrected chi connectivity index (χ0v) is 13.4. The van der Waals surface area contributed by atoms with Crippen LogP contribution in [0.15, 0.2) is 36.7 Å². The number of fused-ring (bicyclic) bond motifs is 1. The van der Waals surface area contributed by atoms with E-state index in [9.17, 15) is 9.50 Å². The van der Waals surface area contributed by atoms with Gasteiger partial charge in [-0.05, 0) is 44.0 Å². The molecule has 4 rings (SSSR count). The van der Waals surface area contributed by atoms with Crippen LogP contribution in [0.3, 0.4) is 0 Å². The van der Waals surface area contributed by atoms with Crippen LogP contribution >= 0.6 is 0 Å². The van der Waals surface area contributed by atoms with Crippen molar-refractivity contribution in [2.75, 3.05) is 18.0 Å². The summed E-state index contributed by atoms with van der Waals surface area (Å²) in [5.41, 5.74) is 0.931. The molecule has 1 fully saturated rings. The van der Waals surface area contributed by atoms with Crippen molar-refractivity contribution in [3.8, 4) is 11.3 Å². The van der Waals surface area contributed by atoms with Gasteiger partial charge in [0.05, 0.1) is 11.3 Å². The van der Waals surface area contributed by atoms with E-state index in [0.29, 0.717) is 18.6 Å². The van der Waals surface area contributed by atoms with Crippen LogP contribution in [0, 0.1) is 5.82 Å². The van der Waals surface area contributed by atoms with Gasteiger partial charge < -0.3 is 10.0 Å². The van der Waals surface area contributed by atoms with Gasteiger partial charge in [-0.2, -0.15) is 14.6 Å². The highest BCUT2D eigenvalue weighted by atomic mass is 19.1. The minimum atomic E-state index is -0.620. The highest BCUT2D eigenvalue weighted by Gasteiger charge is 2.28. The molecule has 0 saturated carbocycles. The van der Waals surface area contributed by atoms with Crippen molar-refractivity contribution >= 4 is 11.6 Å². The summed E-state index contributed by atoms with van der Waals surface area (Å²) in [7, 11) is 0. The Balaban J connectivity index is 1.77. The minimum absolute atomic E-state index is 0.277. The number of anilines is 1. The molecule has 0 aliphatic carbocycles. The molecule has 0 bridgehead atoms. The molecule has 1 saturated heterocycles. The van der Waals surface area contributed by atoms with E-state index < -0.39 is 5.60 Å². The van der Waals surface area contributed by atoms with Crippen LogP contribution < -0.4 is 4.90 Å². The number of rotatable bonds is 2. The molecule has 1 aromatic carbocycles. The Kier molecular flexibility index (Phi) is 3.45. The molecule has 7 heteroatoms. The molecule has 0 radical (unpaired) electrons. The lowest BCUT2D eigenvalue weighted by Gasteiger charge is -2.36. The third-order valence-electron chi connectivity index (χ3n) is 4.54. The predicted molar refractivity (Wildman–Crippen MR) is 88.2 cm³/mol. The van der Waals surface area contributed by atoms with E-state index in [2.05, 4.69) is 20.0 Å². The summed E-state index contributed by atoms with van der Waals surface area (Å²) in [6.45, 7) is 3.33. The number of hydrogen-bond acceptors (Lipinski definition) is 5. The molecule has 0 amide bonds. The van der Waals surface area contributed by atoms with Crippen molar-refractivity contribution in [2.45, 2.75) is 25.4 Å². The molecule has 124 valence electrons. The smallest absolute Gasteiger partial charge is 0.254 e. The van der Waals surface area contributed by atoms with E-state index in [-0.39, 0.29) is 5.82 Å². The van der Waals surface area contributed by atoms with Crippen LogP contribution in [-0.4, -0.2) is 43.4 Å². The van der Waals surface area contributed by atoms with Gasteiger partial charge in [-0.25, -0.2) is 9.37 Å². The van der Waals surface area contributed by atoms with Crippen molar-refractivity contribution in [1.29, 1.82) is 0 Å². The number of aliphatic hydroxyl groups is 1. The number of benzene rings is 1. The van der Waals surface area contributed by atoms with Gasteiger partial charge in [0.2, 0.25) is 0 Å². The summed E-state index contributed by atoms with van der Waals surface area (Å²) in [5.74, 6) is 1.11. The summed E-state index contributed by atoms with van der Waals surface area (Å²) >= 11 is 0. The van der Waals surface area contributed by atoms with E-state index in [4.69, 9.17) is 0 Å². The minimum Gasteiger partial charge on any atom is -0.390 e. The predicted octanol–water partition coefficient (Wildman–Crippen LogP) is 2.28. The summed E-state index contributed by atoms with van der Waals surface area (Å²) < 4.78 is 14.9. The van der Waals surface area contributed by atoms with Gasteiger partial charge in [-0.3, -0.25) is 0 Å². The maximum Gasteiger partial charge on any atom is 0.254 e. The fourth-order valence-corrected chi connectivity index (χ4v) is 3.01. The maximum absolute atomic E-state index is 13.2. The van der Waals surface area contributed by atoms with Gasteiger partial charge in [0.15, 0.2) is 0 Å². The zero-order chi connectivity index (χ0) is 16.7. The second-order valence-electron chi connectivity index (χ2n) is 6.46. The monoisotopic (exact) mass is 327 g/mol. The fraction of sp³-hybridized carbons (Fsp3) is 0.353. The maximum atomic E-state index is 13.2. The second kappa shape index (κ2) is 5.52. The highest BCUT2D eigenvalue weighted by Crippen LogP contribution is 2.28. The van der Waals surface area contributed by atoms with E-state index in [1.807, 2.05) is 13.0 Å². The zero-order valence-electron chi connectivity index (χ0n) is 13.4. The molecule has 1 N–H and O–H groups in total. The average Bonchev–Trinajstić information content (AvgIpc) is 3.03. The molecule has 6 nitrogen and oxygen atoms in total.